The van der Waals surface area contributed by atoms with E-state index in [-0.39, 0.29) is 0 Å². The third kappa shape index (κ3) is 3.45. The second-order valence-electron chi connectivity index (χ2n) is 4.48. The molecule has 102 valence electrons. The van der Waals surface area contributed by atoms with Crippen molar-refractivity contribution in [3.63, 3.8) is 0 Å². The minimum absolute atomic E-state index is 0.730. The predicted octanol–water partition coefficient (Wildman–Crippen LogP) is 4.87. The summed E-state index contributed by atoms with van der Waals surface area (Å²) in [4.78, 5) is 6.99. The lowest BCUT2D eigenvalue weighted by atomic mass is 10.2. The van der Waals surface area contributed by atoms with E-state index in [1.807, 2.05) is 18.2 Å². The minimum atomic E-state index is 0.730. The van der Waals surface area contributed by atoms with Crippen molar-refractivity contribution < 1.29 is 4.84 Å². The van der Waals surface area contributed by atoms with Crippen LogP contribution in [0.5, 0.6) is 0 Å². The van der Waals surface area contributed by atoms with E-state index in [4.69, 9.17) is 17.1 Å². The molecule has 0 fully saturated rings. The Labute approximate surface area is 123 Å². The third-order valence-electron chi connectivity index (χ3n) is 2.99. The van der Waals surface area contributed by atoms with Crippen molar-refractivity contribution in [1.82, 2.24) is 4.73 Å². The fourth-order valence-electron chi connectivity index (χ4n) is 1.95. The summed E-state index contributed by atoms with van der Waals surface area (Å²) >= 11 is 7.01. The molecule has 0 unspecified atom stereocenters. The van der Waals surface area contributed by atoms with E-state index in [1.165, 1.54) is 23.3 Å². The van der Waals surface area contributed by atoms with Crippen LogP contribution in [0.2, 0.25) is 0 Å². The first-order valence-electron chi connectivity index (χ1n) is 6.65. The topological polar surface area (TPSA) is 14.2 Å². The Bertz CT molecular complexity index is 572. The molecule has 2 aromatic rings. The van der Waals surface area contributed by atoms with Crippen molar-refractivity contribution in [2.24, 2.45) is 0 Å². The Morgan fingerprint density at radius 1 is 1.21 bits per heavy atom. The summed E-state index contributed by atoms with van der Waals surface area (Å²) in [7, 11) is 0. The van der Waals surface area contributed by atoms with Crippen LogP contribution < -0.4 is 4.84 Å². The first-order valence-corrected chi connectivity index (χ1v) is 7.87. The molecule has 0 aliphatic carbocycles. The second kappa shape index (κ2) is 6.87. The zero-order valence-electron chi connectivity index (χ0n) is 11.4. The highest BCUT2D eigenvalue weighted by Gasteiger charge is 2.11. The lowest BCUT2D eigenvalue weighted by Crippen LogP contribution is -2.14. The average Bonchev–Trinajstić information content (AvgIpc) is 2.72. The van der Waals surface area contributed by atoms with E-state index < -0.39 is 0 Å². The van der Waals surface area contributed by atoms with E-state index in [9.17, 15) is 0 Å². The van der Waals surface area contributed by atoms with Gasteiger partial charge in [-0.15, -0.1) is 11.3 Å². The molecule has 0 aliphatic rings. The van der Waals surface area contributed by atoms with Crippen LogP contribution in [-0.2, 0) is 0 Å². The van der Waals surface area contributed by atoms with Crippen LogP contribution in [0.15, 0.2) is 30.3 Å². The Hall–Kier alpha value is -1.13. The molecule has 1 heterocycles. The van der Waals surface area contributed by atoms with E-state index in [0.29, 0.717) is 0 Å². The monoisotopic (exact) mass is 293 g/mol. The highest BCUT2D eigenvalue weighted by Crippen LogP contribution is 2.29. The van der Waals surface area contributed by atoms with Gasteiger partial charge in [-0.3, -0.25) is 0 Å². The summed E-state index contributed by atoms with van der Waals surface area (Å²) in [5.74, 6) is 0. The maximum atomic E-state index is 5.79. The van der Waals surface area contributed by atoms with Crippen molar-refractivity contribution in [3.05, 3.63) is 40.0 Å². The normalized spacial score (nSPS) is 10.6. The van der Waals surface area contributed by atoms with E-state index >= 15 is 0 Å². The minimum Gasteiger partial charge on any atom is -0.412 e. The standard InChI is InChI=1S/C15H19NOS2/c1-3-4-8-11-17-16-12(2)14(19-15(16)18)13-9-6-5-7-10-13/h5-7,9-10H,3-4,8,11H2,1-2H3. The zero-order chi connectivity index (χ0) is 13.7. The maximum absolute atomic E-state index is 5.79. The Morgan fingerprint density at radius 3 is 2.63 bits per heavy atom. The molecule has 0 aliphatic heterocycles. The SMILES string of the molecule is CCCCCOn1c(C)c(-c2ccccc2)sc1=S. The molecule has 0 spiro atoms. The predicted molar refractivity (Wildman–Crippen MR) is 84.3 cm³/mol. The molecular weight excluding hydrogens is 274 g/mol. The quantitative estimate of drug-likeness (QED) is 0.557. The molecule has 0 N–H and O–H groups in total. The molecule has 0 amide bonds. The van der Waals surface area contributed by atoms with Gasteiger partial charge in [0.25, 0.3) is 0 Å². The Kier molecular flexibility index (Phi) is 5.16. The van der Waals surface area contributed by atoms with Crippen LogP contribution in [0.3, 0.4) is 0 Å². The summed E-state index contributed by atoms with van der Waals surface area (Å²) in [5.41, 5.74) is 2.30. The number of rotatable bonds is 6. The lowest BCUT2D eigenvalue weighted by molar-refractivity contribution is 0.102. The molecule has 1 aromatic heterocycles. The van der Waals surface area contributed by atoms with Gasteiger partial charge in [-0.05, 0) is 31.1 Å². The molecule has 0 saturated carbocycles. The van der Waals surface area contributed by atoms with Gasteiger partial charge < -0.3 is 4.84 Å². The number of benzene rings is 1. The van der Waals surface area contributed by atoms with Gasteiger partial charge in [0.1, 0.15) is 6.61 Å². The van der Waals surface area contributed by atoms with Gasteiger partial charge in [-0.25, -0.2) is 0 Å². The van der Waals surface area contributed by atoms with Crippen molar-refractivity contribution in [2.45, 2.75) is 33.1 Å². The molecular formula is C15H19NOS2. The van der Waals surface area contributed by atoms with E-state index in [0.717, 1.165) is 22.7 Å². The van der Waals surface area contributed by atoms with Gasteiger partial charge in [-0.1, -0.05) is 50.1 Å². The average molecular weight is 293 g/mol. The van der Waals surface area contributed by atoms with Crippen LogP contribution in [0.1, 0.15) is 31.9 Å². The Morgan fingerprint density at radius 2 is 1.95 bits per heavy atom. The number of aromatic nitrogens is 1. The van der Waals surface area contributed by atoms with Crippen molar-refractivity contribution in [1.29, 1.82) is 0 Å². The van der Waals surface area contributed by atoms with Crippen LogP contribution in [0.25, 0.3) is 10.4 Å². The second-order valence-corrected chi connectivity index (χ2v) is 6.13. The lowest BCUT2D eigenvalue weighted by Gasteiger charge is -2.08. The molecule has 0 bridgehead atoms. The molecule has 0 saturated heterocycles. The molecule has 4 heteroatoms. The number of thiazole rings is 1. The number of unbranched alkanes of at least 4 members (excludes halogenated alkanes) is 2. The number of hydrogen-bond acceptors (Lipinski definition) is 3. The van der Waals surface area contributed by atoms with Gasteiger partial charge >= 0.3 is 0 Å². The smallest absolute Gasteiger partial charge is 0.197 e. The maximum Gasteiger partial charge on any atom is 0.197 e. The van der Waals surface area contributed by atoms with Gasteiger partial charge in [0.15, 0.2) is 3.95 Å². The number of hydrogen-bond donors (Lipinski definition) is 0. The first-order chi connectivity index (χ1) is 9.24. The van der Waals surface area contributed by atoms with Crippen LogP contribution in [-0.4, -0.2) is 11.3 Å². The molecule has 1 aromatic carbocycles. The molecule has 19 heavy (non-hydrogen) atoms. The summed E-state index contributed by atoms with van der Waals surface area (Å²) in [6, 6.07) is 10.3. The Balaban J connectivity index is 2.18. The van der Waals surface area contributed by atoms with E-state index in [1.54, 1.807) is 16.1 Å². The largest absolute Gasteiger partial charge is 0.412 e. The zero-order valence-corrected chi connectivity index (χ0v) is 13.0. The summed E-state index contributed by atoms with van der Waals surface area (Å²) < 4.78 is 2.59. The van der Waals surface area contributed by atoms with Gasteiger partial charge in [0.2, 0.25) is 0 Å². The fraction of sp³-hybridized carbons (Fsp3) is 0.400. The first kappa shape index (κ1) is 14.3. The molecule has 2 nitrogen and oxygen atoms in total. The number of nitrogens with zero attached hydrogens (tertiary/aromatic N) is 1. The van der Waals surface area contributed by atoms with E-state index in [2.05, 4.69) is 26.0 Å². The van der Waals surface area contributed by atoms with Gasteiger partial charge in [0, 0.05) is 0 Å². The van der Waals surface area contributed by atoms with Crippen molar-refractivity contribution in [3.8, 4) is 10.4 Å². The highest BCUT2D eigenvalue weighted by atomic mass is 32.1. The molecule has 2 rings (SSSR count). The van der Waals surface area contributed by atoms with Gasteiger partial charge in [0.05, 0.1) is 10.6 Å². The van der Waals surface area contributed by atoms with Crippen LogP contribution in [0, 0.1) is 10.9 Å². The summed E-state index contributed by atoms with van der Waals surface area (Å²) in [6.45, 7) is 4.98. The molecule has 0 atom stereocenters. The summed E-state index contributed by atoms with van der Waals surface area (Å²) in [5, 5.41) is 0. The highest BCUT2D eigenvalue weighted by molar-refractivity contribution is 7.73. The van der Waals surface area contributed by atoms with Crippen molar-refractivity contribution in [2.75, 3.05) is 6.61 Å². The van der Waals surface area contributed by atoms with Crippen molar-refractivity contribution >= 4 is 23.6 Å². The third-order valence-corrected chi connectivity index (χ3v) is 4.48. The van der Waals surface area contributed by atoms with Crippen LogP contribution in [0.4, 0.5) is 0 Å². The fourth-order valence-corrected chi connectivity index (χ4v) is 3.32. The van der Waals surface area contributed by atoms with Gasteiger partial charge in [-0.2, -0.15) is 4.73 Å². The summed E-state index contributed by atoms with van der Waals surface area (Å²) in [6.07, 6.45) is 3.48. The molecule has 0 radical (unpaired) electrons. The van der Waals surface area contributed by atoms with Crippen LogP contribution >= 0.6 is 23.6 Å².